The number of halogens is 2. The molecular weight excluding hydrogens is 391 g/mol. The SMILES string of the molecule is C[C@H](NC(=O)c1ccccc1)C(=O)O[C@H](C)C(=O)Nc1c(Cl)cccc1Cl. The monoisotopic (exact) mass is 408 g/mol. The molecule has 0 aromatic heterocycles. The molecule has 0 bridgehead atoms. The first kappa shape index (κ1) is 20.7. The number of benzene rings is 2. The summed E-state index contributed by atoms with van der Waals surface area (Å²) in [5.74, 6) is -1.76. The highest BCUT2D eigenvalue weighted by molar-refractivity contribution is 6.39. The van der Waals surface area contributed by atoms with Crippen molar-refractivity contribution in [3.05, 3.63) is 64.1 Å². The molecule has 0 saturated heterocycles. The van der Waals surface area contributed by atoms with Crippen molar-refractivity contribution in [3.63, 3.8) is 0 Å². The average molecular weight is 409 g/mol. The van der Waals surface area contributed by atoms with Crippen molar-refractivity contribution in [1.82, 2.24) is 5.32 Å². The molecule has 2 atom stereocenters. The highest BCUT2D eigenvalue weighted by Gasteiger charge is 2.24. The molecular formula is C19H18Cl2N2O4. The van der Waals surface area contributed by atoms with Crippen LogP contribution < -0.4 is 10.6 Å². The second-order valence-electron chi connectivity index (χ2n) is 5.73. The number of carbonyl (C=O) groups excluding carboxylic acids is 3. The van der Waals surface area contributed by atoms with Crippen LogP contribution in [0.25, 0.3) is 0 Å². The molecule has 0 aliphatic rings. The summed E-state index contributed by atoms with van der Waals surface area (Å²) in [5, 5.41) is 5.57. The molecule has 142 valence electrons. The van der Waals surface area contributed by atoms with Crippen molar-refractivity contribution in [2.45, 2.75) is 26.0 Å². The van der Waals surface area contributed by atoms with E-state index in [1.54, 1.807) is 48.5 Å². The highest BCUT2D eigenvalue weighted by atomic mass is 35.5. The van der Waals surface area contributed by atoms with E-state index in [1.807, 2.05) is 0 Å². The third-order valence-electron chi connectivity index (χ3n) is 3.61. The maximum absolute atomic E-state index is 12.2. The Morgan fingerprint density at radius 2 is 1.52 bits per heavy atom. The summed E-state index contributed by atoms with van der Waals surface area (Å²) in [6.07, 6.45) is -1.11. The Hall–Kier alpha value is -2.57. The number of nitrogens with one attached hydrogen (secondary N) is 2. The summed E-state index contributed by atoms with van der Waals surface area (Å²) in [7, 11) is 0. The zero-order valence-corrected chi connectivity index (χ0v) is 16.2. The molecule has 0 heterocycles. The minimum absolute atomic E-state index is 0.235. The summed E-state index contributed by atoms with van der Waals surface area (Å²) in [6.45, 7) is 2.88. The lowest BCUT2D eigenvalue weighted by atomic mass is 10.2. The van der Waals surface area contributed by atoms with Gasteiger partial charge in [0.05, 0.1) is 15.7 Å². The van der Waals surface area contributed by atoms with Crippen molar-refractivity contribution in [3.8, 4) is 0 Å². The van der Waals surface area contributed by atoms with E-state index in [1.165, 1.54) is 13.8 Å². The fourth-order valence-electron chi connectivity index (χ4n) is 2.10. The van der Waals surface area contributed by atoms with Crippen molar-refractivity contribution in [1.29, 1.82) is 0 Å². The topological polar surface area (TPSA) is 84.5 Å². The van der Waals surface area contributed by atoms with E-state index in [4.69, 9.17) is 27.9 Å². The molecule has 6 nitrogen and oxygen atoms in total. The van der Waals surface area contributed by atoms with Crippen molar-refractivity contribution in [2.75, 3.05) is 5.32 Å². The average Bonchev–Trinajstić information content (AvgIpc) is 2.65. The van der Waals surface area contributed by atoms with E-state index in [-0.39, 0.29) is 15.7 Å². The molecule has 0 unspecified atom stereocenters. The fraction of sp³-hybridized carbons (Fsp3) is 0.211. The number of amides is 2. The number of para-hydroxylation sites is 1. The predicted octanol–water partition coefficient (Wildman–Crippen LogP) is 3.68. The first-order chi connectivity index (χ1) is 12.8. The van der Waals surface area contributed by atoms with Gasteiger partial charge in [0, 0.05) is 5.56 Å². The molecule has 0 aliphatic heterocycles. The Kier molecular flexibility index (Phi) is 7.21. The summed E-state index contributed by atoms with van der Waals surface area (Å²) in [6, 6.07) is 12.3. The minimum Gasteiger partial charge on any atom is -0.451 e. The first-order valence-electron chi connectivity index (χ1n) is 8.11. The zero-order valence-electron chi connectivity index (χ0n) is 14.7. The fourth-order valence-corrected chi connectivity index (χ4v) is 2.59. The van der Waals surface area contributed by atoms with E-state index in [0.29, 0.717) is 5.56 Å². The first-order valence-corrected chi connectivity index (χ1v) is 8.86. The van der Waals surface area contributed by atoms with Crippen LogP contribution in [0.4, 0.5) is 5.69 Å². The van der Waals surface area contributed by atoms with Crippen molar-refractivity contribution >= 4 is 46.7 Å². The molecule has 0 saturated carbocycles. The minimum atomic E-state index is -1.11. The third kappa shape index (κ3) is 5.70. The van der Waals surface area contributed by atoms with E-state index in [0.717, 1.165) is 0 Å². The van der Waals surface area contributed by atoms with Gasteiger partial charge in [0.1, 0.15) is 6.04 Å². The van der Waals surface area contributed by atoms with Crippen LogP contribution in [0, 0.1) is 0 Å². The zero-order chi connectivity index (χ0) is 20.0. The lowest BCUT2D eigenvalue weighted by Crippen LogP contribution is -2.42. The van der Waals surface area contributed by atoms with Gasteiger partial charge in [-0.15, -0.1) is 0 Å². The lowest BCUT2D eigenvalue weighted by molar-refractivity contribution is -0.154. The highest BCUT2D eigenvalue weighted by Crippen LogP contribution is 2.29. The van der Waals surface area contributed by atoms with E-state index >= 15 is 0 Å². The Morgan fingerprint density at radius 3 is 2.11 bits per heavy atom. The van der Waals surface area contributed by atoms with Crippen LogP contribution in [0.2, 0.25) is 10.0 Å². The van der Waals surface area contributed by atoms with Crippen LogP contribution in [0.3, 0.4) is 0 Å². The Bertz CT molecular complexity index is 823. The molecule has 2 aromatic rings. The summed E-state index contributed by atoms with van der Waals surface area (Å²) < 4.78 is 5.11. The summed E-state index contributed by atoms with van der Waals surface area (Å²) >= 11 is 12.0. The van der Waals surface area contributed by atoms with Crippen molar-refractivity contribution in [2.24, 2.45) is 0 Å². The van der Waals surface area contributed by atoms with Gasteiger partial charge < -0.3 is 15.4 Å². The second kappa shape index (κ2) is 9.39. The van der Waals surface area contributed by atoms with Crippen LogP contribution in [0.5, 0.6) is 0 Å². The quantitative estimate of drug-likeness (QED) is 0.713. The number of carbonyl (C=O) groups is 3. The van der Waals surface area contributed by atoms with Crippen molar-refractivity contribution < 1.29 is 19.1 Å². The van der Waals surface area contributed by atoms with Crippen LogP contribution in [0.1, 0.15) is 24.2 Å². The Balaban J connectivity index is 1.92. The maximum Gasteiger partial charge on any atom is 0.329 e. The molecule has 0 aliphatic carbocycles. The predicted molar refractivity (Wildman–Crippen MR) is 104 cm³/mol. The summed E-state index contributed by atoms with van der Waals surface area (Å²) in [5.41, 5.74) is 0.649. The largest absolute Gasteiger partial charge is 0.451 e. The van der Waals surface area contributed by atoms with E-state index < -0.39 is 29.9 Å². The van der Waals surface area contributed by atoms with Gasteiger partial charge in [-0.1, -0.05) is 47.5 Å². The van der Waals surface area contributed by atoms with Gasteiger partial charge in [0.25, 0.3) is 11.8 Å². The molecule has 0 spiro atoms. The normalized spacial score (nSPS) is 12.6. The number of esters is 1. The molecule has 0 fully saturated rings. The lowest BCUT2D eigenvalue weighted by Gasteiger charge is -2.18. The third-order valence-corrected chi connectivity index (χ3v) is 4.24. The smallest absolute Gasteiger partial charge is 0.329 e. The molecule has 2 amide bonds. The molecule has 27 heavy (non-hydrogen) atoms. The standard InChI is InChI=1S/C19H18Cl2N2O4/c1-11(22-18(25)13-7-4-3-5-8-13)19(26)27-12(2)17(24)23-16-14(20)9-6-10-15(16)21/h3-12H,1-2H3,(H,22,25)(H,23,24)/t11-,12+/m0/s1. The maximum atomic E-state index is 12.2. The molecule has 2 rings (SSSR count). The Morgan fingerprint density at radius 1 is 0.926 bits per heavy atom. The number of hydrogen-bond acceptors (Lipinski definition) is 4. The number of anilines is 1. The van der Waals surface area contributed by atoms with Gasteiger partial charge in [-0.05, 0) is 38.1 Å². The number of hydrogen-bond donors (Lipinski definition) is 2. The molecule has 8 heteroatoms. The van der Waals surface area contributed by atoms with E-state index in [2.05, 4.69) is 10.6 Å². The molecule has 2 aromatic carbocycles. The van der Waals surface area contributed by atoms with Gasteiger partial charge in [0.15, 0.2) is 6.10 Å². The van der Waals surface area contributed by atoms with Gasteiger partial charge in [-0.2, -0.15) is 0 Å². The van der Waals surface area contributed by atoms with Crippen LogP contribution in [0.15, 0.2) is 48.5 Å². The second-order valence-corrected chi connectivity index (χ2v) is 6.54. The Labute approximate surface area is 166 Å². The number of ether oxygens (including phenoxy) is 1. The summed E-state index contributed by atoms with van der Waals surface area (Å²) in [4.78, 5) is 36.4. The van der Waals surface area contributed by atoms with Gasteiger partial charge >= 0.3 is 5.97 Å². The van der Waals surface area contributed by atoms with Crippen LogP contribution in [-0.4, -0.2) is 29.9 Å². The van der Waals surface area contributed by atoms with E-state index in [9.17, 15) is 14.4 Å². The van der Waals surface area contributed by atoms with Gasteiger partial charge in [-0.3, -0.25) is 9.59 Å². The molecule has 2 N–H and O–H groups in total. The van der Waals surface area contributed by atoms with Crippen LogP contribution in [-0.2, 0) is 14.3 Å². The van der Waals surface area contributed by atoms with Crippen LogP contribution >= 0.6 is 23.2 Å². The number of rotatable bonds is 6. The molecule has 0 radical (unpaired) electrons. The van der Waals surface area contributed by atoms with Gasteiger partial charge in [-0.25, -0.2) is 4.79 Å². The van der Waals surface area contributed by atoms with Gasteiger partial charge in [0.2, 0.25) is 0 Å².